The monoisotopic (exact) mass is 286 g/mol. The second-order valence-electron chi connectivity index (χ2n) is 5.99. The summed E-state index contributed by atoms with van der Waals surface area (Å²) in [5.41, 5.74) is 9.68. The fourth-order valence-electron chi connectivity index (χ4n) is 2.00. The van der Waals surface area contributed by atoms with E-state index in [-0.39, 0.29) is 10.8 Å². The third-order valence-corrected chi connectivity index (χ3v) is 4.21. The van der Waals surface area contributed by atoms with Crippen LogP contribution in [0.1, 0.15) is 43.5 Å². The van der Waals surface area contributed by atoms with Gasteiger partial charge in [-0.2, -0.15) is 0 Å². The molecule has 2 N–H and O–H groups in total. The van der Waals surface area contributed by atoms with Crippen molar-refractivity contribution in [3.63, 3.8) is 0 Å². The van der Waals surface area contributed by atoms with Crippen LogP contribution in [0.25, 0.3) is 0 Å². The first-order chi connectivity index (χ1) is 9.37. The third kappa shape index (κ3) is 3.84. The molecule has 0 aliphatic heterocycles. The van der Waals surface area contributed by atoms with Gasteiger partial charge in [-0.3, -0.25) is 0 Å². The van der Waals surface area contributed by atoms with Crippen molar-refractivity contribution in [1.29, 1.82) is 0 Å². The van der Waals surface area contributed by atoms with E-state index in [0.29, 0.717) is 0 Å². The lowest BCUT2D eigenvalue weighted by Gasteiger charge is -2.19. The largest absolute Gasteiger partial charge is 0.320 e. The minimum atomic E-state index is -0.115. The Labute approximate surface area is 125 Å². The first-order valence-electron chi connectivity index (χ1n) is 6.83. The summed E-state index contributed by atoms with van der Waals surface area (Å²) in [6.07, 6.45) is 1.90. The second-order valence-corrected chi connectivity index (χ2v) is 7.81. The predicted molar refractivity (Wildman–Crippen MR) is 87.1 cm³/mol. The van der Waals surface area contributed by atoms with Gasteiger partial charge in [-0.1, -0.05) is 51.1 Å². The summed E-state index contributed by atoms with van der Waals surface area (Å²) in [6.45, 7) is 8.69. The number of pyridine rings is 1. The number of rotatable bonds is 3. The van der Waals surface area contributed by atoms with Crippen molar-refractivity contribution in [2.45, 2.75) is 43.5 Å². The molecule has 1 heterocycles. The molecule has 1 aromatic carbocycles. The Bertz CT molecular complexity index is 573. The molecule has 0 saturated carbocycles. The molecule has 0 fully saturated rings. The van der Waals surface area contributed by atoms with Crippen LogP contribution in [0.5, 0.6) is 0 Å². The molecular weight excluding hydrogens is 264 g/mol. The quantitative estimate of drug-likeness (QED) is 0.854. The summed E-state index contributed by atoms with van der Waals surface area (Å²) >= 11 is 1.79. The van der Waals surface area contributed by atoms with Gasteiger partial charge in [-0.15, -0.1) is 11.8 Å². The number of nitrogens with two attached hydrogens (primary N) is 1. The van der Waals surface area contributed by atoms with Crippen molar-refractivity contribution in [3.8, 4) is 0 Å². The van der Waals surface area contributed by atoms with Crippen LogP contribution in [0.3, 0.4) is 0 Å². The fraction of sp³-hybridized carbons (Fsp3) is 0.353. The van der Waals surface area contributed by atoms with E-state index in [9.17, 15) is 0 Å². The lowest BCUT2D eigenvalue weighted by atomic mass is 10.0. The van der Waals surface area contributed by atoms with Crippen LogP contribution in [0.2, 0.25) is 0 Å². The maximum Gasteiger partial charge on any atom is 0.0994 e. The lowest BCUT2D eigenvalue weighted by molar-refractivity contribution is 0.795. The van der Waals surface area contributed by atoms with Gasteiger partial charge in [0.2, 0.25) is 0 Å². The molecule has 3 heteroatoms. The molecule has 2 rings (SSSR count). The minimum Gasteiger partial charge on any atom is -0.320 e. The molecule has 1 atom stereocenters. The molecule has 0 radical (unpaired) electrons. The zero-order valence-electron chi connectivity index (χ0n) is 12.6. The Morgan fingerprint density at radius 2 is 1.75 bits per heavy atom. The van der Waals surface area contributed by atoms with Crippen molar-refractivity contribution in [3.05, 3.63) is 59.3 Å². The van der Waals surface area contributed by atoms with Gasteiger partial charge >= 0.3 is 0 Å². The fourth-order valence-corrected chi connectivity index (χ4v) is 2.91. The molecule has 0 aliphatic rings. The summed E-state index contributed by atoms with van der Waals surface area (Å²) < 4.78 is 0.167. The Kier molecular flexibility index (Phi) is 4.51. The number of aryl methyl sites for hydroxylation is 1. The minimum absolute atomic E-state index is 0.115. The molecule has 0 unspecified atom stereocenters. The molecule has 20 heavy (non-hydrogen) atoms. The van der Waals surface area contributed by atoms with Crippen LogP contribution < -0.4 is 5.73 Å². The van der Waals surface area contributed by atoms with E-state index in [1.165, 1.54) is 5.56 Å². The number of nitrogens with zero attached hydrogens (tertiary/aromatic N) is 1. The van der Waals surface area contributed by atoms with Gasteiger partial charge in [0.25, 0.3) is 0 Å². The van der Waals surface area contributed by atoms with Crippen LogP contribution in [-0.4, -0.2) is 9.73 Å². The Morgan fingerprint density at radius 1 is 1.10 bits per heavy atom. The normalized spacial score (nSPS) is 13.2. The third-order valence-electron chi connectivity index (χ3n) is 2.97. The van der Waals surface area contributed by atoms with Crippen LogP contribution in [0.4, 0.5) is 0 Å². The standard InChI is InChI=1S/C17H22N2S/c1-12-10-14(11-19-16(12)20-17(2,3)4)15(18)13-8-6-5-7-9-13/h5-11,15H,18H2,1-4H3/t15-/m0/s1. The van der Waals surface area contributed by atoms with Gasteiger partial charge in [-0.05, 0) is 29.7 Å². The zero-order valence-corrected chi connectivity index (χ0v) is 13.4. The van der Waals surface area contributed by atoms with E-state index >= 15 is 0 Å². The highest BCUT2D eigenvalue weighted by Gasteiger charge is 2.16. The van der Waals surface area contributed by atoms with Crippen molar-refractivity contribution in [2.75, 3.05) is 0 Å². The van der Waals surface area contributed by atoms with Crippen molar-refractivity contribution >= 4 is 11.8 Å². The number of benzene rings is 1. The number of aromatic nitrogens is 1. The highest BCUT2D eigenvalue weighted by molar-refractivity contribution is 8.00. The van der Waals surface area contributed by atoms with E-state index in [1.807, 2.05) is 24.4 Å². The summed E-state index contributed by atoms with van der Waals surface area (Å²) in [7, 11) is 0. The predicted octanol–water partition coefficient (Wildman–Crippen LogP) is 4.33. The van der Waals surface area contributed by atoms with Gasteiger partial charge in [-0.25, -0.2) is 4.98 Å². The highest BCUT2D eigenvalue weighted by Crippen LogP contribution is 2.33. The summed E-state index contributed by atoms with van der Waals surface area (Å²) in [5.74, 6) is 0. The number of hydrogen-bond acceptors (Lipinski definition) is 3. The van der Waals surface area contributed by atoms with Gasteiger partial charge in [0.15, 0.2) is 0 Å². The van der Waals surface area contributed by atoms with Crippen molar-refractivity contribution in [1.82, 2.24) is 4.98 Å². The second kappa shape index (κ2) is 5.98. The Morgan fingerprint density at radius 3 is 2.30 bits per heavy atom. The summed E-state index contributed by atoms with van der Waals surface area (Å²) in [6, 6.07) is 12.2. The first-order valence-corrected chi connectivity index (χ1v) is 7.64. The van der Waals surface area contributed by atoms with Crippen LogP contribution in [-0.2, 0) is 0 Å². The molecule has 1 aromatic heterocycles. The number of hydrogen-bond donors (Lipinski definition) is 1. The van der Waals surface area contributed by atoms with Gasteiger partial charge < -0.3 is 5.73 Å². The molecule has 0 amide bonds. The summed E-state index contributed by atoms with van der Waals surface area (Å²) in [4.78, 5) is 4.59. The molecule has 106 valence electrons. The maximum absolute atomic E-state index is 6.32. The zero-order chi connectivity index (χ0) is 14.8. The number of thioether (sulfide) groups is 1. The smallest absolute Gasteiger partial charge is 0.0994 e. The van der Waals surface area contributed by atoms with E-state index in [4.69, 9.17) is 5.73 Å². The molecule has 0 bridgehead atoms. The summed E-state index contributed by atoms with van der Waals surface area (Å²) in [5, 5.41) is 1.08. The maximum atomic E-state index is 6.32. The molecular formula is C17H22N2S. The van der Waals surface area contributed by atoms with E-state index in [1.54, 1.807) is 11.8 Å². The SMILES string of the molecule is Cc1cc([C@@H](N)c2ccccc2)cnc1SC(C)(C)C. The van der Waals surface area contributed by atoms with Crippen LogP contribution in [0.15, 0.2) is 47.6 Å². The lowest BCUT2D eigenvalue weighted by Crippen LogP contribution is -2.13. The average Bonchev–Trinajstić information content (AvgIpc) is 2.40. The van der Waals surface area contributed by atoms with E-state index in [2.05, 4.69) is 50.9 Å². The highest BCUT2D eigenvalue weighted by atomic mass is 32.2. The van der Waals surface area contributed by atoms with Crippen molar-refractivity contribution in [2.24, 2.45) is 5.73 Å². The average molecular weight is 286 g/mol. The topological polar surface area (TPSA) is 38.9 Å². The van der Waals surface area contributed by atoms with Gasteiger partial charge in [0, 0.05) is 10.9 Å². The Balaban J connectivity index is 2.25. The van der Waals surface area contributed by atoms with Gasteiger partial charge in [0.1, 0.15) is 0 Å². The molecule has 0 saturated heterocycles. The molecule has 2 nitrogen and oxygen atoms in total. The van der Waals surface area contributed by atoms with E-state index < -0.39 is 0 Å². The van der Waals surface area contributed by atoms with Gasteiger partial charge in [0.05, 0.1) is 11.1 Å². The molecule has 2 aromatic rings. The molecule has 0 aliphatic carbocycles. The van der Waals surface area contributed by atoms with E-state index in [0.717, 1.165) is 16.2 Å². The first kappa shape index (κ1) is 15.1. The molecule has 0 spiro atoms. The van der Waals surface area contributed by atoms with Crippen molar-refractivity contribution < 1.29 is 0 Å². The Hall–Kier alpha value is -1.32. The van der Waals surface area contributed by atoms with Crippen LogP contribution in [0, 0.1) is 6.92 Å². The van der Waals surface area contributed by atoms with Crippen LogP contribution >= 0.6 is 11.8 Å².